The van der Waals surface area contributed by atoms with Gasteiger partial charge in [-0.15, -0.1) is 0 Å². The highest BCUT2D eigenvalue weighted by molar-refractivity contribution is 5.73. The van der Waals surface area contributed by atoms with Crippen LogP contribution in [0.3, 0.4) is 0 Å². The minimum atomic E-state index is -5.08. The Morgan fingerprint density at radius 2 is 2.03 bits per heavy atom. The van der Waals surface area contributed by atoms with Crippen LogP contribution in [0.1, 0.15) is 36.4 Å². The summed E-state index contributed by atoms with van der Waals surface area (Å²) in [5, 5.41) is 11.4. The fourth-order valence-corrected chi connectivity index (χ4v) is 3.90. The van der Waals surface area contributed by atoms with E-state index in [1.54, 1.807) is 0 Å². The van der Waals surface area contributed by atoms with Crippen molar-refractivity contribution in [2.24, 2.45) is 7.05 Å². The molecule has 0 aromatic carbocycles. The molecule has 2 saturated heterocycles. The van der Waals surface area contributed by atoms with E-state index in [2.05, 4.69) is 33.3 Å². The number of piperidine rings is 1. The van der Waals surface area contributed by atoms with E-state index >= 15 is 0 Å². The molecule has 164 valence electrons. The van der Waals surface area contributed by atoms with Crippen molar-refractivity contribution < 1.29 is 27.8 Å². The molecule has 0 amide bonds. The zero-order chi connectivity index (χ0) is 21.8. The van der Waals surface area contributed by atoms with Gasteiger partial charge in [0.15, 0.2) is 0 Å². The molecular weight excluding hydrogens is 401 g/mol. The Labute approximate surface area is 172 Å². The van der Waals surface area contributed by atoms with Gasteiger partial charge in [0.2, 0.25) is 0 Å². The first-order chi connectivity index (χ1) is 14.2. The molecule has 0 aliphatic carbocycles. The maximum Gasteiger partial charge on any atom is 0.490 e. The lowest BCUT2D eigenvalue weighted by molar-refractivity contribution is -0.192. The first-order valence-corrected chi connectivity index (χ1v) is 9.72. The molecule has 1 atom stereocenters. The third-order valence-corrected chi connectivity index (χ3v) is 5.53. The standard InChI is InChI=1S/C18H24N4O.C2HF3O2/c1-21-12-16(11-20-21)15-10-18(23-14-15)5-8-22(9-6-18)13-17-4-2-3-7-19-17;3-2(4,5)1(6)7/h2-4,7,11-12,15H,5-6,8-10,13-14H2,1H3;(H,6,7). The van der Waals surface area contributed by atoms with Gasteiger partial charge in [-0.1, -0.05) is 6.07 Å². The number of aliphatic carboxylic acids is 1. The molecule has 1 unspecified atom stereocenters. The van der Waals surface area contributed by atoms with Crippen molar-refractivity contribution in [1.82, 2.24) is 19.7 Å². The van der Waals surface area contributed by atoms with Crippen molar-refractivity contribution in [2.45, 2.75) is 43.5 Å². The van der Waals surface area contributed by atoms with Crippen LogP contribution in [0.15, 0.2) is 36.8 Å². The van der Waals surface area contributed by atoms with Gasteiger partial charge in [0.25, 0.3) is 0 Å². The number of aryl methyl sites for hydroxylation is 1. The second-order valence-corrected chi connectivity index (χ2v) is 7.74. The van der Waals surface area contributed by atoms with Gasteiger partial charge in [-0.25, -0.2) is 4.79 Å². The number of hydrogen-bond donors (Lipinski definition) is 1. The van der Waals surface area contributed by atoms with E-state index in [9.17, 15) is 13.2 Å². The van der Waals surface area contributed by atoms with Gasteiger partial charge in [0, 0.05) is 45.0 Å². The maximum atomic E-state index is 10.6. The summed E-state index contributed by atoms with van der Waals surface area (Å²) >= 11 is 0. The molecule has 4 rings (SSSR count). The molecule has 10 heteroatoms. The van der Waals surface area contributed by atoms with Crippen LogP contribution in [0, 0.1) is 0 Å². The minimum absolute atomic E-state index is 0.0844. The van der Waals surface area contributed by atoms with Crippen molar-refractivity contribution in [2.75, 3.05) is 19.7 Å². The van der Waals surface area contributed by atoms with E-state index < -0.39 is 12.1 Å². The zero-order valence-corrected chi connectivity index (χ0v) is 16.7. The van der Waals surface area contributed by atoms with Crippen LogP contribution < -0.4 is 0 Å². The predicted molar refractivity (Wildman–Crippen MR) is 102 cm³/mol. The molecule has 30 heavy (non-hydrogen) atoms. The molecular formula is C20H25F3N4O3. The number of rotatable bonds is 3. The number of carboxylic acids is 1. The number of nitrogens with zero attached hydrogens (tertiary/aromatic N) is 4. The number of aromatic nitrogens is 3. The Morgan fingerprint density at radius 3 is 2.57 bits per heavy atom. The third-order valence-electron chi connectivity index (χ3n) is 5.53. The summed E-state index contributed by atoms with van der Waals surface area (Å²) in [5.74, 6) is -2.25. The van der Waals surface area contributed by atoms with E-state index in [0.29, 0.717) is 5.92 Å². The van der Waals surface area contributed by atoms with E-state index in [4.69, 9.17) is 14.6 Å². The predicted octanol–water partition coefficient (Wildman–Crippen LogP) is 2.99. The van der Waals surface area contributed by atoms with Crippen molar-refractivity contribution in [1.29, 1.82) is 0 Å². The largest absolute Gasteiger partial charge is 0.490 e. The summed E-state index contributed by atoms with van der Waals surface area (Å²) in [6.45, 7) is 3.97. The molecule has 1 N–H and O–H groups in total. The Bertz CT molecular complexity index is 833. The smallest absolute Gasteiger partial charge is 0.475 e. The van der Waals surface area contributed by atoms with Gasteiger partial charge in [-0.2, -0.15) is 18.3 Å². The molecule has 2 aliphatic rings. The number of halogens is 3. The lowest BCUT2D eigenvalue weighted by Crippen LogP contribution is -2.43. The number of carbonyl (C=O) groups is 1. The Hall–Kier alpha value is -2.46. The van der Waals surface area contributed by atoms with Gasteiger partial charge in [0.05, 0.1) is 24.1 Å². The highest BCUT2D eigenvalue weighted by atomic mass is 19.4. The molecule has 2 aliphatic heterocycles. The third kappa shape index (κ3) is 5.79. The molecule has 4 heterocycles. The number of carboxylic acid groups (broad SMARTS) is 1. The first-order valence-electron chi connectivity index (χ1n) is 9.72. The van der Waals surface area contributed by atoms with Crippen LogP contribution in [-0.2, 0) is 23.1 Å². The fraction of sp³-hybridized carbons (Fsp3) is 0.550. The lowest BCUT2D eigenvalue weighted by Gasteiger charge is -2.38. The summed E-state index contributed by atoms with van der Waals surface area (Å²) in [6, 6.07) is 6.14. The number of pyridine rings is 1. The molecule has 0 radical (unpaired) electrons. The molecule has 7 nitrogen and oxygen atoms in total. The van der Waals surface area contributed by atoms with Gasteiger partial charge in [0.1, 0.15) is 0 Å². The van der Waals surface area contributed by atoms with Crippen LogP contribution in [0.4, 0.5) is 13.2 Å². The van der Waals surface area contributed by atoms with Crippen molar-refractivity contribution in [3.8, 4) is 0 Å². The lowest BCUT2D eigenvalue weighted by atomic mass is 9.84. The van der Waals surface area contributed by atoms with E-state index in [0.717, 1.165) is 51.2 Å². The Morgan fingerprint density at radius 1 is 1.33 bits per heavy atom. The van der Waals surface area contributed by atoms with Crippen LogP contribution in [0.25, 0.3) is 0 Å². The second-order valence-electron chi connectivity index (χ2n) is 7.74. The van der Waals surface area contributed by atoms with Gasteiger partial charge in [-0.3, -0.25) is 14.6 Å². The second kappa shape index (κ2) is 9.13. The molecule has 2 aromatic rings. The van der Waals surface area contributed by atoms with E-state index in [1.165, 1.54) is 5.56 Å². The Kier molecular flexibility index (Phi) is 6.77. The van der Waals surface area contributed by atoms with Crippen molar-refractivity contribution >= 4 is 5.97 Å². The van der Waals surface area contributed by atoms with Gasteiger partial charge < -0.3 is 9.84 Å². The average Bonchev–Trinajstić information content (AvgIpc) is 3.31. The highest BCUT2D eigenvalue weighted by Gasteiger charge is 2.43. The summed E-state index contributed by atoms with van der Waals surface area (Å²) < 4.78 is 39.9. The number of likely N-dealkylation sites (tertiary alicyclic amines) is 1. The Balaban J connectivity index is 0.000000318. The number of ether oxygens (including phenoxy) is 1. The molecule has 0 saturated carbocycles. The summed E-state index contributed by atoms with van der Waals surface area (Å²) in [6.07, 6.45) is 4.29. The SMILES string of the molecule is Cn1cc(C2COC3(CCN(Cc4ccccn4)CC3)C2)cn1.O=C(O)C(F)(F)F. The summed E-state index contributed by atoms with van der Waals surface area (Å²) in [7, 11) is 1.98. The van der Waals surface area contributed by atoms with Crippen LogP contribution in [-0.4, -0.2) is 62.2 Å². The number of alkyl halides is 3. The molecule has 2 aromatic heterocycles. The fourth-order valence-electron chi connectivity index (χ4n) is 3.90. The normalized spacial score (nSPS) is 21.3. The maximum absolute atomic E-state index is 10.6. The first kappa shape index (κ1) is 22.2. The minimum Gasteiger partial charge on any atom is -0.475 e. The van der Waals surface area contributed by atoms with Crippen molar-refractivity contribution in [3.63, 3.8) is 0 Å². The van der Waals surface area contributed by atoms with Crippen LogP contribution >= 0.6 is 0 Å². The molecule has 0 bridgehead atoms. The van der Waals surface area contributed by atoms with Gasteiger partial charge >= 0.3 is 12.1 Å². The van der Waals surface area contributed by atoms with Gasteiger partial charge in [-0.05, 0) is 37.0 Å². The monoisotopic (exact) mass is 426 g/mol. The average molecular weight is 426 g/mol. The molecule has 2 fully saturated rings. The van der Waals surface area contributed by atoms with E-state index in [-0.39, 0.29) is 5.60 Å². The van der Waals surface area contributed by atoms with Crippen LogP contribution in [0.2, 0.25) is 0 Å². The number of hydrogen-bond acceptors (Lipinski definition) is 5. The van der Waals surface area contributed by atoms with Crippen LogP contribution in [0.5, 0.6) is 0 Å². The zero-order valence-electron chi connectivity index (χ0n) is 16.7. The summed E-state index contributed by atoms with van der Waals surface area (Å²) in [4.78, 5) is 15.8. The van der Waals surface area contributed by atoms with E-state index in [1.807, 2.05) is 30.2 Å². The quantitative estimate of drug-likeness (QED) is 0.813. The van der Waals surface area contributed by atoms with Crippen molar-refractivity contribution in [3.05, 3.63) is 48.0 Å². The summed E-state index contributed by atoms with van der Waals surface area (Å²) in [5.41, 5.74) is 2.56. The topological polar surface area (TPSA) is 80.5 Å². The highest BCUT2D eigenvalue weighted by Crippen LogP contribution is 2.42. The molecule has 1 spiro atoms.